The first kappa shape index (κ1) is 22.2. The number of aryl methyl sites for hydroxylation is 1. The van der Waals surface area contributed by atoms with Crippen LogP contribution in [0.2, 0.25) is 0 Å². The third-order valence-electron chi connectivity index (χ3n) is 5.01. The average molecular weight is 462 g/mol. The maximum absolute atomic E-state index is 13.6. The number of carbonyl (C=O) groups excluding carboxylic acids is 1. The van der Waals surface area contributed by atoms with E-state index in [0.717, 1.165) is 16.2 Å². The Labute approximate surface area is 193 Å². The van der Waals surface area contributed by atoms with E-state index in [1.54, 1.807) is 44.4 Å². The molecule has 5 nitrogen and oxygen atoms in total. The van der Waals surface area contributed by atoms with Gasteiger partial charge >= 0.3 is 5.97 Å². The summed E-state index contributed by atoms with van der Waals surface area (Å²) in [6, 6.07) is 16.4. The number of benzene rings is 3. The Morgan fingerprint density at radius 1 is 1.00 bits per heavy atom. The molecule has 0 amide bonds. The number of fused-ring (bicyclic) bond motifs is 1. The number of ketones is 1. The molecular weight excluding hydrogens is 443 g/mol. The molecule has 3 aromatic carbocycles. The largest absolute Gasteiger partial charge is 0.497 e. The summed E-state index contributed by atoms with van der Waals surface area (Å²) in [5.41, 5.74) is 1.63. The first-order valence-corrected chi connectivity index (χ1v) is 10.8. The quantitative estimate of drug-likeness (QED) is 0.251. The zero-order chi connectivity index (χ0) is 23.5. The molecule has 0 aliphatic rings. The smallest absolute Gasteiger partial charge is 0.328 e. The molecule has 0 radical (unpaired) electrons. The molecule has 0 bridgehead atoms. The van der Waals surface area contributed by atoms with Gasteiger partial charge in [0.15, 0.2) is 5.75 Å². The predicted octanol–water partition coefficient (Wildman–Crippen LogP) is 6.48. The number of hydrogen-bond donors (Lipinski definition) is 1. The van der Waals surface area contributed by atoms with Crippen molar-refractivity contribution in [2.75, 3.05) is 7.11 Å². The van der Waals surface area contributed by atoms with Gasteiger partial charge in [-0.2, -0.15) is 0 Å². The normalized spacial score (nSPS) is 11.1. The highest BCUT2D eigenvalue weighted by Crippen LogP contribution is 2.43. The van der Waals surface area contributed by atoms with Crippen LogP contribution in [0, 0.1) is 12.7 Å². The maximum Gasteiger partial charge on any atom is 0.328 e. The van der Waals surface area contributed by atoms with Gasteiger partial charge in [-0.3, -0.25) is 4.79 Å². The van der Waals surface area contributed by atoms with Crippen LogP contribution in [0.25, 0.3) is 16.2 Å². The van der Waals surface area contributed by atoms with Crippen molar-refractivity contribution in [2.24, 2.45) is 0 Å². The lowest BCUT2D eigenvalue weighted by Crippen LogP contribution is -2.03. The van der Waals surface area contributed by atoms with Gasteiger partial charge in [0.2, 0.25) is 5.78 Å². The van der Waals surface area contributed by atoms with Gasteiger partial charge in [0.1, 0.15) is 22.2 Å². The van der Waals surface area contributed by atoms with E-state index < -0.39 is 11.8 Å². The highest BCUT2D eigenvalue weighted by atomic mass is 32.1. The summed E-state index contributed by atoms with van der Waals surface area (Å²) in [7, 11) is 1.57. The van der Waals surface area contributed by atoms with Crippen molar-refractivity contribution >= 4 is 39.3 Å². The Hall–Kier alpha value is -3.97. The molecule has 0 saturated carbocycles. The fourth-order valence-electron chi connectivity index (χ4n) is 3.37. The minimum atomic E-state index is -1.03. The number of rotatable bonds is 7. The molecule has 0 unspecified atom stereocenters. The van der Waals surface area contributed by atoms with E-state index in [4.69, 9.17) is 14.6 Å². The van der Waals surface area contributed by atoms with Crippen molar-refractivity contribution in [1.82, 2.24) is 0 Å². The molecule has 0 aliphatic carbocycles. The van der Waals surface area contributed by atoms with Gasteiger partial charge in [-0.15, -0.1) is 11.3 Å². The Balaban J connectivity index is 1.77. The van der Waals surface area contributed by atoms with Crippen LogP contribution < -0.4 is 9.47 Å². The fraction of sp³-hybridized carbons (Fsp3) is 0.0769. The molecule has 7 heteroatoms. The van der Waals surface area contributed by atoms with Gasteiger partial charge in [0.05, 0.1) is 7.11 Å². The highest BCUT2D eigenvalue weighted by molar-refractivity contribution is 7.21. The van der Waals surface area contributed by atoms with Gasteiger partial charge in [0, 0.05) is 21.7 Å². The molecule has 0 spiro atoms. The van der Waals surface area contributed by atoms with Crippen LogP contribution in [0.5, 0.6) is 17.2 Å². The number of aliphatic carboxylic acids is 1. The number of ether oxygens (including phenoxy) is 2. The monoisotopic (exact) mass is 462 g/mol. The van der Waals surface area contributed by atoms with Gasteiger partial charge < -0.3 is 14.6 Å². The SMILES string of the molecule is COc1ccc2c(Oc3ccc(/C=C/C(=O)O)cc3)c(C(=O)c3ccc(F)cc3C)sc2c1. The summed E-state index contributed by atoms with van der Waals surface area (Å²) in [6.07, 6.45) is 2.53. The minimum absolute atomic E-state index is 0.260. The molecule has 0 aliphatic heterocycles. The first-order valence-electron chi connectivity index (χ1n) is 9.96. The highest BCUT2D eigenvalue weighted by Gasteiger charge is 2.23. The van der Waals surface area contributed by atoms with Crippen molar-refractivity contribution in [2.45, 2.75) is 6.92 Å². The summed E-state index contributed by atoms with van der Waals surface area (Å²) < 4.78 is 25.9. The van der Waals surface area contributed by atoms with Crippen LogP contribution in [-0.2, 0) is 4.79 Å². The molecule has 1 heterocycles. The summed E-state index contributed by atoms with van der Waals surface area (Å²) in [4.78, 5) is 24.5. The van der Waals surface area contributed by atoms with Crippen LogP contribution in [-0.4, -0.2) is 24.0 Å². The van der Waals surface area contributed by atoms with Crippen molar-refractivity contribution < 1.29 is 28.6 Å². The molecule has 33 heavy (non-hydrogen) atoms. The van der Waals surface area contributed by atoms with E-state index in [1.807, 2.05) is 12.1 Å². The van der Waals surface area contributed by atoms with Crippen LogP contribution in [0.15, 0.2) is 66.7 Å². The number of carbonyl (C=O) groups is 2. The average Bonchev–Trinajstić information content (AvgIpc) is 3.15. The molecule has 0 atom stereocenters. The van der Waals surface area contributed by atoms with Crippen molar-refractivity contribution in [1.29, 1.82) is 0 Å². The summed E-state index contributed by atoms with van der Waals surface area (Å²) in [5, 5.41) is 9.53. The van der Waals surface area contributed by atoms with E-state index in [9.17, 15) is 14.0 Å². The molecule has 4 rings (SSSR count). The molecule has 0 fully saturated rings. The number of thiophene rings is 1. The van der Waals surface area contributed by atoms with E-state index in [2.05, 4.69) is 0 Å². The Morgan fingerprint density at radius 3 is 2.39 bits per heavy atom. The molecule has 0 saturated heterocycles. The number of hydrogen-bond acceptors (Lipinski definition) is 5. The zero-order valence-corrected chi connectivity index (χ0v) is 18.6. The summed E-state index contributed by atoms with van der Waals surface area (Å²) in [6.45, 7) is 1.69. The number of methoxy groups -OCH3 is 1. The van der Waals surface area contributed by atoms with E-state index in [1.165, 1.54) is 35.6 Å². The lowest BCUT2D eigenvalue weighted by molar-refractivity contribution is -0.131. The number of carboxylic acid groups (broad SMARTS) is 1. The van der Waals surface area contributed by atoms with Gasteiger partial charge in [-0.05, 0) is 72.7 Å². The molecule has 1 N–H and O–H groups in total. The Morgan fingerprint density at radius 2 is 1.73 bits per heavy atom. The maximum atomic E-state index is 13.6. The third kappa shape index (κ3) is 4.78. The standard InChI is InChI=1S/C26H19FO5S/c1-15-13-17(27)6-10-20(15)24(30)26-25(21-11-9-19(31-2)14-22(21)33-26)32-18-7-3-16(4-8-18)5-12-23(28)29/h3-14H,1-2H3,(H,28,29)/b12-5+. The third-order valence-corrected chi connectivity index (χ3v) is 6.14. The second-order valence-electron chi connectivity index (χ2n) is 7.25. The van der Waals surface area contributed by atoms with E-state index in [0.29, 0.717) is 38.8 Å². The fourth-order valence-corrected chi connectivity index (χ4v) is 4.48. The van der Waals surface area contributed by atoms with Crippen LogP contribution in [0.1, 0.15) is 26.4 Å². The van der Waals surface area contributed by atoms with Crippen molar-refractivity contribution in [3.05, 3.63) is 94.1 Å². The summed E-state index contributed by atoms with van der Waals surface area (Å²) in [5.74, 6) is -0.151. The molecule has 4 aromatic rings. The van der Waals surface area contributed by atoms with E-state index >= 15 is 0 Å². The lowest BCUT2D eigenvalue weighted by atomic mass is 10.0. The van der Waals surface area contributed by atoms with Crippen LogP contribution >= 0.6 is 11.3 Å². The zero-order valence-electron chi connectivity index (χ0n) is 17.8. The van der Waals surface area contributed by atoms with Gasteiger partial charge in [-0.1, -0.05) is 12.1 Å². The van der Waals surface area contributed by atoms with Crippen LogP contribution in [0.3, 0.4) is 0 Å². The molecular formula is C26H19FO5S. The van der Waals surface area contributed by atoms with Crippen molar-refractivity contribution in [3.63, 3.8) is 0 Å². The molecule has 166 valence electrons. The minimum Gasteiger partial charge on any atom is -0.497 e. The second kappa shape index (κ2) is 9.26. The van der Waals surface area contributed by atoms with E-state index in [-0.39, 0.29) is 5.78 Å². The second-order valence-corrected chi connectivity index (χ2v) is 8.31. The number of carboxylic acids is 1. The van der Waals surface area contributed by atoms with Crippen LogP contribution in [0.4, 0.5) is 4.39 Å². The van der Waals surface area contributed by atoms with Crippen molar-refractivity contribution in [3.8, 4) is 17.2 Å². The topological polar surface area (TPSA) is 72.8 Å². The first-order chi connectivity index (χ1) is 15.9. The lowest BCUT2D eigenvalue weighted by Gasteiger charge is -2.09. The van der Waals surface area contributed by atoms with Gasteiger partial charge in [-0.25, -0.2) is 9.18 Å². The van der Waals surface area contributed by atoms with Gasteiger partial charge in [0.25, 0.3) is 0 Å². The number of halogens is 1. The Kier molecular flexibility index (Phi) is 6.24. The predicted molar refractivity (Wildman–Crippen MR) is 126 cm³/mol. The Bertz CT molecular complexity index is 1390. The molecule has 1 aromatic heterocycles. The summed E-state index contributed by atoms with van der Waals surface area (Å²) >= 11 is 1.28.